The van der Waals surface area contributed by atoms with Crippen LogP contribution in [-0.2, 0) is 9.59 Å². The van der Waals surface area contributed by atoms with Crippen LogP contribution in [0, 0.1) is 0 Å². The predicted octanol–water partition coefficient (Wildman–Crippen LogP) is 3.05. The number of para-hydroxylation sites is 2. The SMILES string of the molecule is CCOc1ccccc1NC(=O)CCCN1C(=O)C(C)SC1=S. The van der Waals surface area contributed by atoms with Crippen molar-refractivity contribution in [2.45, 2.75) is 31.9 Å². The second kappa shape index (κ2) is 8.31. The van der Waals surface area contributed by atoms with Crippen LogP contribution in [0.2, 0.25) is 0 Å². The van der Waals surface area contributed by atoms with E-state index < -0.39 is 0 Å². The van der Waals surface area contributed by atoms with Gasteiger partial charge in [0.15, 0.2) is 0 Å². The summed E-state index contributed by atoms with van der Waals surface area (Å²) in [6.07, 6.45) is 0.897. The molecule has 0 radical (unpaired) electrons. The van der Waals surface area contributed by atoms with Gasteiger partial charge in [-0.25, -0.2) is 0 Å². The van der Waals surface area contributed by atoms with Gasteiger partial charge in [0.05, 0.1) is 17.5 Å². The molecule has 23 heavy (non-hydrogen) atoms. The van der Waals surface area contributed by atoms with Crippen molar-refractivity contribution >= 4 is 45.8 Å². The van der Waals surface area contributed by atoms with E-state index >= 15 is 0 Å². The quantitative estimate of drug-likeness (QED) is 0.764. The summed E-state index contributed by atoms with van der Waals surface area (Å²) in [4.78, 5) is 25.6. The molecule has 0 bridgehead atoms. The van der Waals surface area contributed by atoms with Gasteiger partial charge in [-0.2, -0.15) is 0 Å². The Morgan fingerprint density at radius 1 is 1.43 bits per heavy atom. The minimum absolute atomic E-state index is 0.0297. The summed E-state index contributed by atoms with van der Waals surface area (Å²) in [5, 5.41) is 2.73. The molecule has 5 nitrogen and oxygen atoms in total. The Kier molecular flexibility index (Phi) is 6.41. The van der Waals surface area contributed by atoms with Gasteiger partial charge < -0.3 is 10.1 Å². The Balaban J connectivity index is 1.82. The van der Waals surface area contributed by atoms with Crippen LogP contribution in [0.4, 0.5) is 5.69 Å². The Labute approximate surface area is 145 Å². The largest absolute Gasteiger partial charge is 0.492 e. The lowest BCUT2D eigenvalue weighted by Gasteiger charge is -2.15. The second-order valence-corrected chi connectivity index (χ2v) is 7.07. The minimum atomic E-state index is -0.116. The van der Waals surface area contributed by atoms with Gasteiger partial charge in [-0.15, -0.1) is 0 Å². The zero-order valence-corrected chi connectivity index (χ0v) is 14.8. The van der Waals surface area contributed by atoms with Gasteiger partial charge in [0.2, 0.25) is 11.8 Å². The van der Waals surface area contributed by atoms with Gasteiger partial charge in [0, 0.05) is 13.0 Å². The number of carbonyl (C=O) groups is 2. The molecular weight excluding hydrogens is 332 g/mol. The first-order chi connectivity index (χ1) is 11.0. The minimum Gasteiger partial charge on any atom is -0.492 e. The van der Waals surface area contributed by atoms with Crippen LogP contribution in [0.5, 0.6) is 5.75 Å². The van der Waals surface area contributed by atoms with Crippen molar-refractivity contribution in [2.24, 2.45) is 0 Å². The van der Waals surface area contributed by atoms with E-state index in [0.717, 1.165) is 0 Å². The first kappa shape index (κ1) is 17.7. The highest BCUT2D eigenvalue weighted by Crippen LogP contribution is 2.27. The summed E-state index contributed by atoms with van der Waals surface area (Å²) in [5.74, 6) is 0.585. The van der Waals surface area contributed by atoms with E-state index in [1.165, 1.54) is 11.8 Å². The van der Waals surface area contributed by atoms with E-state index in [4.69, 9.17) is 17.0 Å². The second-order valence-electron chi connectivity index (χ2n) is 5.10. The third kappa shape index (κ3) is 4.68. The molecule has 7 heteroatoms. The Hall–Kier alpha value is -1.60. The van der Waals surface area contributed by atoms with Crippen LogP contribution < -0.4 is 10.1 Å². The van der Waals surface area contributed by atoms with E-state index in [-0.39, 0.29) is 17.1 Å². The molecule has 1 fully saturated rings. The summed E-state index contributed by atoms with van der Waals surface area (Å²) < 4.78 is 6.08. The number of rotatable bonds is 7. The highest BCUT2D eigenvalue weighted by Gasteiger charge is 2.33. The standard InChI is InChI=1S/C16H20N2O3S2/c1-3-21-13-8-5-4-7-12(13)17-14(19)9-6-10-18-15(20)11(2)23-16(18)22/h4-5,7-8,11H,3,6,9-10H2,1-2H3,(H,17,19). The maximum atomic E-state index is 12.1. The number of benzene rings is 1. The molecule has 2 rings (SSSR count). The molecule has 0 aromatic heterocycles. The third-order valence-corrected chi connectivity index (χ3v) is 4.84. The van der Waals surface area contributed by atoms with Crippen LogP contribution in [0.15, 0.2) is 24.3 Å². The van der Waals surface area contributed by atoms with Gasteiger partial charge in [0.25, 0.3) is 0 Å². The van der Waals surface area contributed by atoms with Crippen molar-refractivity contribution in [1.82, 2.24) is 4.90 Å². The number of nitrogens with zero attached hydrogens (tertiary/aromatic N) is 1. The van der Waals surface area contributed by atoms with E-state index in [1.807, 2.05) is 32.0 Å². The molecule has 1 aromatic rings. The highest BCUT2D eigenvalue weighted by molar-refractivity contribution is 8.24. The molecule has 1 heterocycles. The number of nitrogens with one attached hydrogen (secondary N) is 1. The molecule has 0 saturated carbocycles. The zero-order chi connectivity index (χ0) is 16.8. The number of carbonyl (C=O) groups excluding carboxylic acids is 2. The van der Waals surface area contributed by atoms with Crippen LogP contribution in [0.1, 0.15) is 26.7 Å². The van der Waals surface area contributed by atoms with Crippen LogP contribution >= 0.6 is 24.0 Å². The van der Waals surface area contributed by atoms with Crippen molar-refractivity contribution in [3.63, 3.8) is 0 Å². The highest BCUT2D eigenvalue weighted by atomic mass is 32.2. The predicted molar refractivity (Wildman–Crippen MR) is 96.8 cm³/mol. The summed E-state index contributed by atoms with van der Waals surface area (Å²) in [6.45, 7) is 4.76. The molecule has 124 valence electrons. The molecule has 1 saturated heterocycles. The number of amides is 2. The zero-order valence-electron chi connectivity index (χ0n) is 13.2. The maximum absolute atomic E-state index is 12.1. The topological polar surface area (TPSA) is 58.6 Å². The van der Waals surface area contributed by atoms with Crippen LogP contribution in [0.3, 0.4) is 0 Å². The molecular formula is C16H20N2O3S2. The van der Waals surface area contributed by atoms with Gasteiger partial charge in [0.1, 0.15) is 10.1 Å². The fourth-order valence-electron chi connectivity index (χ4n) is 2.24. The van der Waals surface area contributed by atoms with Crippen LogP contribution in [0.25, 0.3) is 0 Å². The third-order valence-electron chi connectivity index (χ3n) is 3.36. The van der Waals surface area contributed by atoms with Crippen LogP contribution in [-0.4, -0.2) is 39.4 Å². The number of thiocarbonyl (C=S) groups is 1. The normalized spacial score (nSPS) is 17.5. The molecule has 1 N–H and O–H groups in total. The lowest BCUT2D eigenvalue weighted by Crippen LogP contribution is -2.32. The fraction of sp³-hybridized carbons (Fsp3) is 0.438. The Morgan fingerprint density at radius 3 is 2.83 bits per heavy atom. The number of anilines is 1. The molecule has 0 spiro atoms. The Bertz CT molecular complexity index is 607. The summed E-state index contributed by atoms with van der Waals surface area (Å²) >= 11 is 6.57. The number of thioether (sulfide) groups is 1. The van der Waals surface area contributed by atoms with Crippen molar-refractivity contribution in [1.29, 1.82) is 0 Å². The van der Waals surface area contributed by atoms with E-state index in [1.54, 1.807) is 11.0 Å². The lowest BCUT2D eigenvalue weighted by atomic mass is 10.2. The molecule has 1 atom stereocenters. The average molecular weight is 352 g/mol. The molecule has 2 amide bonds. The number of hydrogen-bond acceptors (Lipinski definition) is 5. The fourth-order valence-corrected chi connectivity index (χ4v) is 3.69. The smallest absolute Gasteiger partial charge is 0.241 e. The average Bonchev–Trinajstić information content (AvgIpc) is 2.76. The number of ether oxygens (including phenoxy) is 1. The molecule has 1 aromatic carbocycles. The molecule has 1 unspecified atom stereocenters. The molecule has 1 aliphatic rings. The summed E-state index contributed by atoms with van der Waals surface area (Å²) in [6, 6.07) is 7.33. The first-order valence-corrected chi connectivity index (χ1v) is 8.85. The van der Waals surface area contributed by atoms with Crippen molar-refractivity contribution in [2.75, 3.05) is 18.5 Å². The molecule has 0 aliphatic carbocycles. The van der Waals surface area contributed by atoms with E-state index in [9.17, 15) is 9.59 Å². The monoisotopic (exact) mass is 352 g/mol. The first-order valence-electron chi connectivity index (χ1n) is 7.56. The van der Waals surface area contributed by atoms with E-state index in [0.29, 0.717) is 41.8 Å². The van der Waals surface area contributed by atoms with Gasteiger partial charge in [-0.05, 0) is 32.4 Å². The van der Waals surface area contributed by atoms with Gasteiger partial charge in [-0.3, -0.25) is 14.5 Å². The van der Waals surface area contributed by atoms with Crippen molar-refractivity contribution in [3.05, 3.63) is 24.3 Å². The van der Waals surface area contributed by atoms with E-state index in [2.05, 4.69) is 5.32 Å². The molecule has 1 aliphatic heterocycles. The summed E-state index contributed by atoms with van der Waals surface area (Å²) in [5.41, 5.74) is 0.663. The van der Waals surface area contributed by atoms with Crippen molar-refractivity contribution < 1.29 is 14.3 Å². The lowest BCUT2D eigenvalue weighted by molar-refractivity contribution is -0.126. The Morgan fingerprint density at radius 2 is 2.17 bits per heavy atom. The van der Waals surface area contributed by atoms with Crippen molar-refractivity contribution in [3.8, 4) is 5.75 Å². The number of hydrogen-bond donors (Lipinski definition) is 1. The van der Waals surface area contributed by atoms with Gasteiger partial charge in [-0.1, -0.05) is 36.1 Å². The summed E-state index contributed by atoms with van der Waals surface area (Å²) in [7, 11) is 0. The maximum Gasteiger partial charge on any atom is 0.241 e. The van der Waals surface area contributed by atoms with Gasteiger partial charge >= 0.3 is 0 Å².